The lowest BCUT2D eigenvalue weighted by Crippen LogP contribution is -2.31. The van der Waals surface area contributed by atoms with E-state index in [0.29, 0.717) is 5.56 Å². The van der Waals surface area contributed by atoms with Crippen molar-refractivity contribution in [3.05, 3.63) is 34.6 Å². The number of rotatable bonds is 4. The molecule has 82 valence electrons. The van der Waals surface area contributed by atoms with Gasteiger partial charge in [0.05, 0.1) is 11.6 Å². The number of hydrogen-bond acceptors (Lipinski definition) is 2. The van der Waals surface area contributed by atoms with Gasteiger partial charge >= 0.3 is 0 Å². The van der Waals surface area contributed by atoms with Gasteiger partial charge in [-0.3, -0.25) is 4.79 Å². The SMILES string of the molecule is CNC(=O)CNCc1cccc(Cl)c1F. The van der Waals surface area contributed by atoms with E-state index in [0.717, 1.165) is 0 Å². The molecule has 0 fully saturated rings. The average Bonchev–Trinajstić information content (AvgIpc) is 2.24. The van der Waals surface area contributed by atoms with Crippen molar-refractivity contribution in [2.75, 3.05) is 13.6 Å². The van der Waals surface area contributed by atoms with E-state index in [1.54, 1.807) is 19.2 Å². The second-order valence-electron chi connectivity index (χ2n) is 2.99. The molecule has 1 aromatic carbocycles. The first-order chi connectivity index (χ1) is 7.15. The molecule has 15 heavy (non-hydrogen) atoms. The van der Waals surface area contributed by atoms with Gasteiger partial charge in [-0.15, -0.1) is 0 Å². The number of hydrogen-bond donors (Lipinski definition) is 2. The van der Waals surface area contributed by atoms with Crippen LogP contribution in [0, 0.1) is 5.82 Å². The second-order valence-corrected chi connectivity index (χ2v) is 3.40. The summed E-state index contributed by atoms with van der Waals surface area (Å²) in [5.41, 5.74) is 0.450. The van der Waals surface area contributed by atoms with E-state index in [-0.39, 0.29) is 24.0 Å². The molecule has 0 spiro atoms. The molecule has 0 radical (unpaired) electrons. The summed E-state index contributed by atoms with van der Waals surface area (Å²) in [7, 11) is 1.55. The van der Waals surface area contributed by atoms with E-state index in [1.807, 2.05) is 0 Å². The predicted molar refractivity (Wildman–Crippen MR) is 57.2 cm³/mol. The monoisotopic (exact) mass is 230 g/mol. The lowest BCUT2D eigenvalue weighted by molar-refractivity contribution is -0.119. The first-order valence-electron chi connectivity index (χ1n) is 4.49. The van der Waals surface area contributed by atoms with Crippen LogP contribution in [0.5, 0.6) is 0 Å². The van der Waals surface area contributed by atoms with Gasteiger partial charge in [0.2, 0.25) is 5.91 Å². The van der Waals surface area contributed by atoms with Crippen LogP contribution in [0.15, 0.2) is 18.2 Å². The van der Waals surface area contributed by atoms with Crippen LogP contribution in [0.2, 0.25) is 5.02 Å². The zero-order valence-electron chi connectivity index (χ0n) is 8.31. The summed E-state index contributed by atoms with van der Waals surface area (Å²) in [4.78, 5) is 10.9. The Morgan fingerprint density at radius 3 is 2.93 bits per heavy atom. The Morgan fingerprint density at radius 1 is 1.53 bits per heavy atom. The molecule has 3 nitrogen and oxygen atoms in total. The van der Waals surface area contributed by atoms with Gasteiger partial charge in [0.15, 0.2) is 0 Å². The average molecular weight is 231 g/mol. The Kier molecular flexibility index (Phi) is 4.52. The minimum atomic E-state index is -0.441. The molecule has 0 atom stereocenters. The number of nitrogens with one attached hydrogen (secondary N) is 2. The van der Waals surface area contributed by atoms with Crippen molar-refractivity contribution in [1.82, 2.24) is 10.6 Å². The standard InChI is InChI=1S/C10H12ClFN2O/c1-13-9(15)6-14-5-7-3-2-4-8(11)10(7)12/h2-4,14H,5-6H2,1H3,(H,13,15). The summed E-state index contributed by atoms with van der Waals surface area (Å²) in [6, 6.07) is 4.78. The molecule has 1 rings (SSSR count). The molecule has 0 aliphatic heterocycles. The van der Waals surface area contributed by atoms with E-state index in [2.05, 4.69) is 10.6 Å². The third-order valence-corrected chi connectivity index (χ3v) is 2.20. The molecular weight excluding hydrogens is 219 g/mol. The van der Waals surface area contributed by atoms with E-state index in [4.69, 9.17) is 11.6 Å². The summed E-state index contributed by atoms with van der Waals surface area (Å²) >= 11 is 5.60. The van der Waals surface area contributed by atoms with Gasteiger partial charge in [0.1, 0.15) is 5.82 Å². The lowest BCUT2D eigenvalue weighted by atomic mass is 10.2. The molecule has 0 unspecified atom stereocenters. The van der Waals surface area contributed by atoms with Crippen LogP contribution in [0.1, 0.15) is 5.56 Å². The highest BCUT2D eigenvalue weighted by atomic mass is 35.5. The van der Waals surface area contributed by atoms with Gasteiger partial charge < -0.3 is 10.6 Å². The number of benzene rings is 1. The zero-order valence-corrected chi connectivity index (χ0v) is 9.07. The third-order valence-electron chi connectivity index (χ3n) is 1.91. The Labute approximate surface area is 92.6 Å². The summed E-state index contributed by atoms with van der Waals surface area (Å²) in [5.74, 6) is -0.582. The highest BCUT2D eigenvalue weighted by molar-refractivity contribution is 6.30. The zero-order chi connectivity index (χ0) is 11.3. The molecule has 0 saturated heterocycles. The molecule has 0 saturated carbocycles. The van der Waals surface area contributed by atoms with Gasteiger partial charge in [-0.05, 0) is 6.07 Å². The molecule has 0 aromatic heterocycles. The van der Waals surface area contributed by atoms with Gasteiger partial charge in [-0.25, -0.2) is 4.39 Å². The molecular formula is C10H12ClFN2O. The van der Waals surface area contributed by atoms with Crippen LogP contribution in [0.25, 0.3) is 0 Å². The summed E-state index contributed by atoms with van der Waals surface area (Å²) < 4.78 is 13.3. The molecule has 0 aliphatic carbocycles. The Balaban J connectivity index is 2.51. The van der Waals surface area contributed by atoms with Crippen LogP contribution >= 0.6 is 11.6 Å². The lowest BCUT2D eigenvalue weighted by Gasteiger charge is -2.05. The van der Waals surface area contributed by atoms with Crippen LogP contribution < -0.4 is 10.6 Å². The van der Waals surface area contributed by atoms with Crippen LogP contribution in [0.4, 0.5) is 4.39 Å². The van der Waals surface area contributed by atoms with Crippen molar-refractivity contribution in [3.63, 3.8) is 0 Å². The maximum atomic E-state index is 13.3. The molecule has 1 amide bonds. The third kappa shape index (κ3) is 3.49. The van der Waals surface area contributed by atoms with Crippen molar-refractivity contribution >= 4 is 17.5 Å². The van der Waals surface area contributed by atoms with Gasteiger partial charge in [0, 0.05) is 19.2 Å². The van der Waals surface area contributed by atoms with Crippen molar-refractivity contribution in [2.24, 2.45) is 0 Å². The van der Waals surface area contributed by atoms with Crippen LogP contribution in [-0.4, -0.2) is 19.5 Å². The topological polar surface area (TPSA) is 41.1 Å². The summed E-state index contributed by atoms with van der Waals surface area (Å²) in [6.45, 7) is 0.433. The minimum Gasteiger partial charge on any atom is -0.358 e. The quantitative estimate of drug-likeness (QED) is 0.819. The van der Waals surface area contributed by atoms with Crippen LogP contribution in [0.3, 0.4) is 0 Å². The van der Waals surface area contributed by atoms with E-state index in [9.17, 15) is 9.18 Å². The molecule has 0 bridgehead atoms. The maximum absolute atomic E-state index is 13.3. The number of halogens is 2. The molecule has 0 aliphatic rings. The number of carbonyl (C=O) groups excluding carboxylic acids is 1. The fourth-order valence-corrected chi connectivity index (χ4v) is 1.28. The fourth-order valence-electron chi connectivity index (χ4n) is 1.08. The molecule has 5 heteroatoms. The largest absolute Gasteiger partial charge is 0.358 e. The Hall–Kier alpha value is -1.13. The highest BCUT2D eigenvalue weighted by Gasteiger charge is 2.05. The minimum absolute atomic E-state index is 0.0919. The Morgan fingerprint density at radius 2 is 2.27 bits per heavy atom. The first kappa shape index (κ1) is 11.9. The molecule has 2 N–H and O–H groups in total. The van der Waals surface area contributed by atoms with Crippen molar-refractivity contribution in [2.45, 2.75) is 6.54 Å². The van der Waals surface area contributed by atoms with Gasteiger partial charge in [-0.2, -0.15) is 0 Å². The molecule has 0 heterocycles. The Bertz CT molecular complexity index is 357. The van der Waals surface area contributed by atoms with E-state index < -0.39 is 5.82 Å². The van der Waals surface area contributed by atoms with Gasteiger partial charge in [0.25, 0.3) is 0 Å². The van der Waals surface area contributed by atoms with Crippen molar-refractivity contribution in [1.29, 1.82) is 0 Å². The fraction of sp³-hybridized carbons (Fsp3) is 0.300. The number of likely N-dealkylation sites (N-methyl/N-ethyl adjacent to an activating group) is 1. The molecule has 1 aromatic rings. The highest BCUT2D eigenvalue weighted by Crippen LogP contribution is 2.17. The first-order valence-corrected chi connectivity index (χ1v) is 4.87. The van der Waals surface area contributed by atoms with Crippen molar-refractivity contribution in [3.8, 4) is 0 Å². The van der Waals surface area contributed by atoms with Crippen molar-refractivity contribution < 1.29 is 9.18 Å². The number of carbonyl (C=O) groups is 1. The normalized spacial score (nSPS) is 10.1. The summed E-state index contributed by atoms with van der Waals surface area (Å²) in [5, 5.41) is 5.36. The second kappa shape index (κ2) is 5.68. The number of amides is 1. The predicted octanol–water partition coefficient (Wildman–Crippen LogP) is 1.31. The maximum Gasteiger partial charge on any atom is 0.233 e. The summed E-state index contributed by atoms with van der Waals surface area (Å²) in [6.07, 6.45) is 0. The van der Waals surface area contributed by atoms with Gasteiger partial charge in [-0.1, -0.05) is 23.7 Å². The smallest absolute Gasteiger partial charge is 0.233 e. The van der Waals surface area contributed by atoms with Crippen LogP contribution in [-0.2, 0) is 11.3 Å². The van der Waals surface area contributed by atoms with E-state index >= 15 is 0 Å². The van der Waals surface area contributed by atoms with E-state index in [1.165, 1.54) is 6.07 Å².